The highest BCUT2D eigenvalue weighted by molar-refractivity contribution is 6.00. The monoisotopic (exact) mass is 510 g/mol. The third kappa shape index (κ3) is 4.47. The van der Waals surface area contributed by atoms with Crippen LogP contribution in [0.25, 0.3) is 11.1 Å². The van der Waals surface area contributed by atoms with Gasteiger partial charge in [-0.3, -0.25) is 4.79 Å². The number of H-pyrrole nitrogens is 1. The van der Waals surface area contributed by atoms with Crippen LogP contribution in [-0.4, -0.2) is 50.9 Å². The van der Waals surface area contributed by atoms with Crippen molar-refractivity contribution < 1.29 is 14.3 Å². The molecule has 6 nitrogen and oxygen atoms in total. The molecule has 0 unspecified atom stereocenters. The second kappa shape index (κ2) is 9.72. The topological polar surface area (TPSA) is 72.5 Å². The SMILES string of the molecule is Cc1c[nH]c([C@@H](c2cc(F)ccc2O)N2Cc3ccc(-c4ccc(C5CCN(C)CC5)cc4)cc3C2=O)n1. The van der Waals surface area contributed by atoms with E-state index in [9.17, 15) is 14.3 Å². The number of hydrogen-bond donors (Lipinski definition) is 2. The van der Waals surface area contributed by atoms with Crippen LogP contribution in [0.3, 0.4) is 0 Å². The fourth-order valence-corrected chi connectivity index (χ4v) is 5.78. The van der Waals surface area contributed by atoms with Crippen LogP contribution in [0.15, 0.2) is 66.9 Å². The molecule has 0 saturated carbocycles. The van der Waals surface area contributed by atoms with E-state index in [-0.39, 0.29) is 11.7 Å². The molecule has 6 rings (SSSR count). The molecule has 4 aromatic rings. The van der Waals surface area contributed by atoms with Crippen LogP contribution in [-0.2, 0) is 6.54 Å². The number of aromatic nitrogens is 2. The van der Waals surface area contributed by atoms with Crippen molar-refractivity contribution in [3.63, 3.8) is 0 Å². The van der Waals surface area contributed by atoms with Gasteiger partial charge in [0, 0.05) is 23.9 Å². The summed E-state index contributed by atoms with van der Waals surface area (Å²) >= 11 is 0. The van der Waals surface area contributed by atoms with Gasteiger partial charge in [0.15, 0.2) is 0 Å². The van der Waals surface area contributed by atoms with E-state index >= 15 is 0 Å². The lowest BCUT2D eigenvalue weighted by Crippen LogP contribution is -2.31. The molecule has 0 aliphatic carbocycles. The Kier molecular flexibility index (Phi) is 6.24. The lowest BCUT2D eigenvalue weighted by molar-refractivity contribution is 0.0723. The Bertz CT molecular complexity index is 1490. The molecule has 1 fully saturated rings. The number of imidazole rings is 1. The predicted molar refractivity (Wildman–Crippen MR) is 144 cm³/mol. The van der Waals surface area contributed by atoms with Gasteiger partial charge in [0.2, 0.25) is 0 Å². The molecule has 1 amide bonds. The Hall–Kier alpha value is -3.97. The number of hydrogen-bond acceptors (Lipinski definition) is 4. The number of piperidine rings is 1. The number of carbonyl (C=O) groups is 1. The molecule has 3 heterocycles. The number of likely N-dealkylation sites (tertiary alicyclic amines) is 1. The second-order valence-electron chi connectivity index (χ2n) is 10.5. The number of aromatic hydroxyl groups is 1. The van der Waals surface area contributed by atoms with E-state index in [0.29, 0.717) is 29.4 Å². The molecule has 1 aromatic heterocycles. The van der Waals surface area contributed by atoms with Crippen molar-refractivity contribution in [3.8, 4) is 16.9 Å². The lowest BCUT2D eigenvalue weighted by atomic mass is 9.88. The summed E-state index contributed by atoms with van der Waals surface area (Å²) in [6.45, 7) is 4.43. The average Bonchev–Trinajstić information content (AvgIpc) is 3.49. The van der Waals surface area contributed by atoms with E-state index in [1.807, 2.05) is 25.1 Å². The fraction of sp³-hybridized carbons (Fsp3) is 0.290. The number of halogens is 1. The van der Waals surface area contributed by atoms with Crippen molar-refractivity contribution in [2.75, 3.05) is 20.1 Å². The number of aromatic amines is 1. The van der Waals surface area contributed by atoms with Crippen molar-refractivity contribution in [1.82, 2.24) is 19.8 Å². The Morgan fingerprint density at radius 3 is 2.47 bits per heavy atom. The summed E-state index contributed by atoms with van der Waals surface area (Å²) < 4.78 is 14.2. The third-order valence-electron chi connectivity index (χ3n) is 7.96. The molecule has 2 aliphatic rings. The Morgan fingerprint density at radius 1 is 1.03 bits per heavy atom. The summed E-state index contributed by atoms with van der Waals surface area (Å²) in [6.07, 6.45) is 4.09. The van der Waals surface area contributed by atoms with Gasteiger partial charge in [-0.05, 0) is 92.3 Å². The number of aryl methyl sites for hydroxylation is 1. The van der Waals surface area contributed by atoms with Crippen LogP contribution in [0.1, 0.15) is 63.4 Å². The van der Waals surface area contributed by atoms with E-state index in [0.717, 1.165) is 35.5 Å². The number of nitrogens with zero attached hydrogens (tertiary/aromatic N) is 3. The molecule has 0 spiro atoms. The number of phenols is 1. The maximum atomic E-state index is 14.2. The molecular formula is C31H31FN4O2. The highest BCUT2D eigenvalue weighted by Gasteiger charge is 2.37. The highest BCUT2D eigenvalue weighted by Crippen LogP contribution is 2.39. The minimum Gasteiger partial charge on any atom is -0.508 e. The van der Waals surface area contributed by atoms with Crippen molar-refractivity contribution in [1.29, 1.82) is 0 Å². The van der Waals surface area contributed by atoms with Crippen molar-refractivity contribution in [2.45, 2.75) is 38.3 Å². The zero-order chi connectivity index (χ0) is 26.4. The van der Waals surface area contributed by atoms with Gasteiger partial charge in [-0.1, -0.05) is 36.4 Å². The Balaban J connectivity index is 1.30. The first-order valence-corrected chi connectivity index (χ1v) is 13.1. The first-order chi connectivity index (χ1) is 18.4. The van der Waals surface area contributed by atoms with E-state index < -0.39 is 11.9 Å². The van der Waals surface area contributed by atoms with E-state index in [2.05, 4.69) is 46.2 Å². The van der Waals surface area contributed by atoms with Crippen LogP contribution in [0.4, 0.5) is 4.39 Å². The lowest BCUT2D eigenvalue weighted by Gasteiger charge is -2.29. The summed E-state index contributed by atoms with van der Waals surface area (Å²) in [5, 5.41) is 10.6. The van der Waals surface area contributed by atoms with Crippen molar-refractivity contribution in [2.24, 2.45) is 0 Å². The zero-order valence-electron chi connectivity index (χ0n) is 21.6. The zero-order valence-corrected chi connectivity index (χ0v) is 21.6. The third-order valence-corrected chi connectivity index (χ3v) is 7.96. The summed E-state index contributed by atoms with van der Waals surface area (Å²) in [5.74, 6) is 0.333. The van der Waals surface area contributed by atoms with Gasteiger partial charge in [-0.15, -0.1) is 0 Å². The molecular weight excluding hydrogens is 479 g/mol. The average molecular weight is 511 g/mol. The van der Waals surface area contributed by atoms with Gasteiger partial charge in [-0.2, -0.15) is 0 Å². The number of rotatable bonds is 5. The van der Waals surface area contributed by atoms with E-state index in [1.165, 1.54) is 36.6 Å². The van der Waals surface area contributed by atoms with Crippen molar-refractivity contribution >= 4 is 5.91 Å². The Labute approximate surface area is 221 Å². The molecule has 2 N–H and O–H groups in total. The van der Waals surface area contributed by atoms with Crippen LogP contribution >= 0.6 is 0 Å². The molecule has 1 saturated heterocycles. The molecule has 194 valence electrons. The normalized spacial score (nSPS) is 17.1. The van der Waals surface area contributed by atoms with Gasteiger partial charge >= 0.3 is 0 Å². The molecule has 1 atom stereocenters. The summed E-state index contributed by atoms with van der Waals surface area (Å²) in [4.78, 5) is 25.4. The standard InChI is InChI=1S/C31H31FN4O2/c1-19-17-33-30(34-19)29(27-16-25(32)9-10-28(27)37)36-18-24-8-7-23(15-26(24)31(36)38)21-5-3-20(4-6-21)22-11-13-35(2)14-12-22/h3-10,15-17,22,29,37H,11-14,18H2,1-2H3,(H,33,34)/t29-/m1/s1. The predicted octanol–water partition coefficient (Wildman–Crippen LogP) is 5.78. The van der Waals surface area contributed by atoms with Crippen LogP contribution in [0.5, 0.6) is 5.75 Å². The molecule has 0 radical (unpaired) electrons. The van der Waals surface area contributed by atoms with E-state index in [4.69, 9.17) is 0 Å². The number of amides is 1. The Morgan fingerprint density at radius 2 is 1.76 bits per heavy atom. The fourth-order valence-electron chi connectivity index (χ4n) is 5.78. The number of carbonyl (C=O) groups excluding carboxylic acids is 1. The smallest absolute Gasteiger partial charge is 0.255 e. The van der Waals surface area contributed by atoms with Crippen LogP contribution < -0.4 is 0 Å². The number of fused-ring (bicyclic) bond motifs is 1. The molecule has 7 heteroatoms. The van der Waals surface area contributed by atoms with Gasteiger partial charge < -0.3 is 19.9 Å². The van der Waals surface area contributed by atoms with Gasteiger partial charge in [0.05, 0.1) is 5.69 Å². The largest absolute Gasteiger partial charge is 0.508 e. The molecule has 2 aliphatic heterocycles. The minimum absolute atomic E-state index is 0.0837. The van der Waals surface area contributed by atoms with Gasteiger partial charge in [0.25, 0.3) is 5.91 Å². The number of benzene rings is 3. The first kappa shape index (κ1) is 24.4. The second-order valence-corrected chi connectivity index (χ2v) is 10.5. The van der Waals surface area contributed by atoms with Crippen LogP contribution in [0, 0.1) is 12.7 Å². The maximum Gasteiger partial charge on any atom is 0.255 e. The van der Waals surface area contributed by atoms with Gasteiger partial charge in [0.1, 0.15) is 23.4 Å². The highest BCUT2D eigenvalue weighted by atomic mass is 19.1. The summed E-state index contributed by atoms with van der Waals surface area (Å²) in [6, 6.07) is 17.7. The number of nitrogens with one attached hydrogen (secondary N) is 1. The summed E-state index contributed by atoms with van der Waals surface area (Å²) in [5.41, 5.74) is 5.97. The minimum atomic E-state index is -0.753. The van der Waals surface area contributed by atoms with Crippen molar-refractivity contribution in [3.05, 3.63) is 106 Å². The van der Waals surface area contributed by atoms with Crippen LogP contribution in [0.2, 0.25) is 0 Å². The summed E-state index contributed by atoms with van der Waals surface area (Å²) in [7, 11) is 2.17. The maximum absolute atomic E-state index is 14.2. The number of phenolic OH excluding ortho intramolecular Hbond substituents is 1. The molecule has 3 aromatic carbocycles. The van der Waals surface area contributed by atoms with E-state index in [1.54, 1.807) is 11.1 Å². The molecule has 38 heavy (non-hydrogen) atoms. The van der Waals surface area contributed by atoms with Gasteiger partial charge in [-0.25, -0.2) is 9.37 Å². The molecule has 0 bridgehead atoms. The quantitative estimate of drug-likeness (QED) is 0.357. The first-order valence-electron chi connectivity index (χ1n) is 13.1.